The van der Waals surface area contributed by atoms with Crippen LogP contribution in [0.15, 0.2) is 55.0 Å². The second-order valence-corrected chi connectivity index (χ2v) is 7.81. The van der Waals surface area contributed by atoms with Crippen molar-refractivity contribution in [3.05, 3.63) is 60.0 Å². The minimum absolute atomic E-state index is 0.0323. The van der Waals surface area contributed by atoms with Gasteiger partial charge in [-0.1, -0.05) is 11.6 Å². The molecule has 1 fully saturated rings. The lowest BCUT2D eigenvalue weighted by molar-refractivity contribution is -0.120. The van der Waals surface area contributed by atoms with E-state index in [-0.39, 0.29) is 11.8 Å². The molecule has 1 N–H and O–H groups in total. The van der Waals surface area contributed by atoms with Crippen LogP contribution in [-0.2, 0) is 4.79 Å². The number of aromatic nitrogens is 2. The zero-order chi connectivity index (χ0) is 21.8. The highest BCUT2D eigenvalue weighted by atomic mass is 35.5. The Morgan fingerprint density at radius 2 is 1.81 bits per heavy atom. The van der Waals surface area contributed by atoms with Crippen LogP contribution in [0.1, 0.15) is 12.8 Å². The first-order valence-corrected chi connectivity index (χ1v) is 10.5. The van der Waals surface area contributed by atoms with Crippen molar-refractivity contribution in [1.29, 1.82) is 0 Å². The maximum atomic E-state index is 12.8. The minimum Gasteiger partial charge on any atom is -0.495 e. The molecular weight excluding hydrogens is 416 g/mol. The molecule has 4 rings (SSSR count). The molecule has 8 heteroatoms. The lowest BCUT2D eigenvalue weighted by Gasteiger charge is -2.32. The van der Waals surface area contributed by atoms with Crippen molar-refractivity contribution in [3.63, 3.8) is 0 Å². The molecule has 0 aliphatic carbocycles. The van der Waals surface area contributed by atoms with Crippen molar-refractivity contribution in [2.75, 3.05) is 37.5 Å². The molecule has 0 unspecified atom stereocenters. The van der Waals surface area contributed by atoms with Crippen LogP contribution in [0.3, 0.4) is 0 Å². The van der Waals surface area contributed by atoms with Crippen molar-refractivity contribution in [1.82, 2.24) is 9.55 Å². The SMILES string of the molecule is COc1cc(OC)c(NC(=O)C2CCN(c3ccc(-n4cccc4)cn3)CC2)cc1Cl. The van der Waals surface area contributed by atoms with Crippen molar-refractivity contribution in [3.8, 4) is 17.2 Å². The van der Waals surface area contributed by atoms with Gasteiger partial charge in [-0.25, -0.2) is 4.98 Å². The van der Waals surface area contributed by atoms with Gasteiger partial charge in [-0.2, -0.15) is 0 Å². The predicted molar refractivity (Wildman–Crippen MR) is 122 cm³/mol. The van der Waals surface area contributed by atoms with E-state index in [9.17, 15) is 4.79 Å². The number of anilines is 2. The molecule has 0 atom stereocenters. The number of nitrogens with zero attached hydrogens (tertiary/aromatic N) is 3. The van der Waals surface area contributed by atoms with Gasteiger partial charge >= 0.3 is 0 Å². The number of rotatable bonds is 6. The second kappa shape index (κ2) is 9.31. The van der Waals surface area contributed by atoms with Crippen LogP contribution >= 0.6 is 11.6 Å². The number of hydrogen-bond donors (Lipinski definition) is 1. The molecule has 0 bridgehead atoms. The van der Waals surface area contributed by atoms with E-state index in [1.165, 1.54) is 7.11 Å². The summed E-state index contributed by atoms with van der Waals surface area (Å²) in [6.45, 7) is 1.54. The minimum atomic E-state index is -0.0824. The monoisotopic (exact) mass is 440 g/mol. The molecule has 1 saturated heterocycles. The third-order valence-electron chi connectivity index (χ3n) is 5.56. The number of nitrogens with one attached hydrogen (secondary N) is 1. The molecule has 2 aromatic heterocycles. The van der Waals surface area contributed by atoms with Crippen LogP contribution in [0.25, 0.3) is 5.69 Å². The van der Waals surface area contributed by atoms with Gasteiger partial charge in [0.25, 0.3) is 0 Å². The molecular formula is C23H25ClN4O3. The summed E-state index contributed by atoms with van der Waals surface area (Å²) in [6.07, 6.45) is 7.35. The number of piperidine rings is 1. The van der Waals surface area contributed by atoms with Gasteiger partial charge in [-0.3, -0.25) is 4.79 Å². The van der Waals surface area contributed by atoms with Gasteiger partial charge in [0.05, 0.1) is 36.8 Å². The maximum absolute atomic E-state index is 12.8. The summed E-state index contributed by atoms with van der Waals surface area (Å²) >= 11 is 6.21. The summed E-state index contributed by atoms with van der Waals surface area (Å²) < 4.78 is 12.6. The largest absolute Gasteiger partial charge is 0.495 e. The van der Waals surface area contributed by atoms with E-state index in [2.05, 4.69) is 21.3 Å². The Kier molecular flexibility index (Phi) is 6.32. The highest BCUT2D eigenvalue weighted by Crippen LogP contribution is 2.36. The summed E-state index contributed by atoms with van der Waals surface area (Å²) in [5.41, 5.74) is 1.57. The summed E-state index contributed by atoms with van der Waals surface area (Å²) in [7, 11) is 3.08. The number of ether oxygens (including phenoxy) is 2. The van der Waals surface area contributed by atoms with E-state index < -0.39 is 0 Å². The summed E-state index contributed by atoms with van der Waals surface area (Å²) in [5, 5.41) is 3.38. The Balaban J connectivity index is 1.36. The van der Waals surface area contributed by atoms with Gasteiger partial charge < -0.3 is 24.3 Å². The molecule has 1 aliphatic heterocycles. The normalized spacial score (nSPS) is 14.4. The highest BCUT2D eigenvalue weighted by Gasteiger charge is 2.26. The molecule has 1 aliphatic rings. The summed E-state index contributed by atoms with van der Waals surface area (Å²) in [5.74, 6) is 1.83. The fraction of sp³-hybridized carbons (Fsp3) is 0.304. The van der Waals surface area contributed by atoms with Crippen LogP contribution in [0.5, 0.6) is 11.5 Å². The van der Waals surface area contributed by atoms with E-state index in [1.54, 1.807) is 19.2 Å². The number of halogens is 1. The molecule has 0 saturated carbocycles. The van der Waals surface area contributed by atoms with Crippen LogP contribution in [-0.4, -0.2) is 42.8 Å². The summed E-state index contributed by atoms with van der Waals surface area (Å²) in [4.78, 5) is 19.7. The van der Waals surface area contributed by atoms with Gasteiger partial charge in [-0.05, 0) is 43.2 Å². The Bertz CT molecular complexity index is 1030. The van der Waals surface area contributed by atoms with Gasteiger partial charge in [-0.15, -0.1) is 0 Å². The Morgan fingerprint density at radius 3 is 2.42 bits per heavy atom. The number of carbonyl (C=O) groups is 1. The van der Waals surface area contributed by atoms with Crippen LogP contribution in [0, 0.1) is 5.92 Å². The maximum Gasteiger partial charge on any atom is 0.227 e. The molecule has 3 heterocycles. The molecule has 0 spiro atoms. The van der Waals surface area contributed by atoms with Gasteiger partial charge in [0.15, 0.2) is 0 Å². The molecule has 31 heavy (non-hydrogen) atoms. The number of methoxy groups -OCH3 is 2. The Hall–Kier alpha value is -3.19. The smallest absolute Gasteiger partial charge is 0.227 e. The standard InChI is InChI=1S/C23H25ClN4O3/c1-30-20-14-21(31-2)19(13-18(20)24)26-23(29)16-7-11-28(12-8-16)22-6-5-17(15-25-22)27-9-3-4-10-27/h3-6,9-10,13-16H,7-8,11-12H2,1-2H3,(H,26,29). The average molecular weight is 441 g/mol. The first kappa shape index (κ1) is 21.1. The van der Waals surface area contributed by atoms with Gasteiger partial charge in [0, 0.05) is 37.5 Å². The first-order valence-electron chi connectivity index (χ1n) is 10.2. The lowest BCUT2D eigenvalue weighted by atomic mass is 9.95. The van der Waals surface area contributed by atoms with Crippen LogP contribution in [0.4, 0.5) is 11.5 Å². The van der Waals surface area contributed by atoms with Gasteiger partial charge in [0.2, 0.25) is 5.91 Å². The van der Waals surface area contributed by atoms with E-state index in [1.807, 2.05) is 41.4 Å². The van der Waals surface area contributed by atoms with Crippen molar-refractivity contribution in [2.45, 2.75) is 12.8 Å². The molecule has 7 nitrogen and oxygen atoms in total. The zero-order valence-electron chi connectivity index (χ0n) is 17.5. The molecule has 162 valence electrons. The fourth-order valence-electron chi connectivity index (χ4n) is 3.79. The molecule has 1 aromatic carbocycles. The van der Waals surface area contributed by atoms with Crippen LogP contribution in [0.2, 0.25) is 5.02 Å². The number of amides is 1. The molecule has 3 aromatic rings. The van der Waals surface area contributed by atoms with E-state index in [0.29, 0.717) is 22.2 Å². The van der Waals surface area contributed by atoms with E-state index in [4.69, 9.17) is 21.1 Å². The average Bonchev–Trinajstić information content (AvgIpc) is 3.34. The Labute approximate surface area is 186 Å². The lowest BCUT2D eigenvalue weighted by Crippen LogP contribution is -2.38. The molecule has 0 radical (unpaired) electrons. The Morgan fingerprint density at radius 1 is 1.10 bits per heavy atom. The van der Waals surface area contributed by atoms with E-state index in [0.717, 1.165) is 37.4 Å². The number of pyridine rings is 1. The van der Waals surface area contributed by atoms with Crippen molar-refractivity contribution in [2.24, 2.45) is 5.92 Å². The quantitative estimate of drug-likeness (QED) is 0.615. The zero-order valence-corrected chi connectivity index (χ0v) is 18.3. The van der Waals surface area contributed by atoms with Crippen LogP contribution < -0.4 is 19.7 Å². The number of carbonyl (C=O) groups excluding carboxylic acids is 1. The van der Waals surface area contributed by atoms with Crippen molar-refractivity contribution < 1.29 is 14.3 Å². The topological polar surface area (TPSA) is 68.6 Å². The third-order valence-corrected chi connectivity index (χ3v) is 5.85. The summed E-state index contributed by atoms with van der Waals surface area (Å²) in [6, 6.07) is 11.4. The second-order valence-electron chi connectivity index (χ2n) is 7.40. The highest BCUT2D eigenvalue weighted by molar-refractivity contribution is 6.32. The predicted octanol–water partition coefficient (Wildman–Crippen LogP) is 4.40. The number of benzene rings is 1. The fourth-order valence-corrected chi connectivity index (χ4v) is 4.03. The van der Waals surface area contributed by atoms with Gasteiger partial charge in [0.1, 0.15) is 17.3 Å². The molecule has 1 amide bonds. The first-order chi connectivity index (χ1) is 15.1. The third kappa shape index (κ3) is 4.61. The van der Waals surface area contributed by atoms with Crippen molar-refractivity contribution >= 4 is 29.0 Å². The van der Waals surface area contributed by atoms with E-state index >= 15 is 0 Å². The number of hydrogen-bond acceptors (Lipinski definition) is 5.